The quantitative estimate of drug-likeness (QED) is 0.359. The highest BCUT2D eigenvalue weighted by Crippen LogP contribution is 2.01. The first-order valence-electron chi connectivity index (χ1n) is 3.87. The van der Waals surface area contributed by atoms with E-state index in [4.69, 9.17) is 10.8 Å². The lowest BCUT2D eigenvalue weighted by atomic mass is 10.1. The van der Waals surface area contributed by atoms with Crippen molar-refractivity contribution in [3.8, 4) is 0 Å². The SMILES string of the molecule is NC(CC=CC(=O)O)CCO[PH2]=O. The summed E-state index contributed by atoms with van der Waals surface area (Å²) in [5, 5.41) is 8.25. The van der Waals surface area contributed by atoms with E-state index in [1.165, 1.54) is 6.08 Å². The monoisotopic (exact) mass is 207 g/mol. The Morgan fingerprint density at radius 2 is 2.38 bits per heavy atom. The van der Waals surface area contributed by atoms with Gasteiger partial charge in [-0.15, -0.1) is 0 Å². The third-order valence-electron chi connectivity index (χ3n) is 1.37. The van der Waals surface area contributed by atoms with Crippen molar-refractivity contribution in [2.45, 2.75) is 18.9 Å². The van der Waals surface area contributed by atoms with Gasteiger partial charge < -0.3 is 15.4 Å². The summed E-state index contributed by atoms with van der Waals surface area (Å²) in [4.78, 5) is 10.1. The summed E-state index contributed by atoms with van der Waals surface area (Å²) in [6, 6.07) is -0.137. The van der Waals surface area contributed by atoms with Gasteiger partial charge >= 0.3 is 5.97 Å². The molecule has 5 nitrogen and oxygen atoms in total. The highest BCUT2D eigenvalue weighted by atomic mass is 31.1. The minimum absolute atomic E-state index is 0.137. The average Bonchev–Trinajstić information content (AvgIpc) is 2.04. The Labute approximate surface area is 77.9 Å². The Morgan fingerprint density at radius 3 is 2.92 bits per heavy atom. The number of nitrogens with two attached hydrogens (primary N) is 1. The van der Waals surface area contributed by atoms with Crippen molar-refractivity contribution in [3.05, 3.63) is 12.2 Å². The van der Waals surface area contributed by atoms with Crippen LogP contribution in [0.2, 0.25) is 0 Å². The van der Waals surface area contributed by atoms with Gasteiger partial charge in [0.05, 0.1) is 6.61 Å². The molecule has 0 aliphatic carbocycles. The lowest BCUT2D eigenvalue weighted by Crippen LogP contribution is -2.20. The lowest BCUT2D eigenvalue weighted by Gasteiger charge is -2.06. The maximum absolute atomic E-state index is 10.1. The summed E-state index contributed by atoms with van der Waals surface area (Å²) in [6.45, 7) is 0.362. The van der Waals surface area contributed by atoms with Crippen LogP contribution in [0.3, 0.4) is 0 Å². The van der Waals surface area contributed by atoms with E-state index in [2.05, 4.69) is 4.52 Å². The van der Waals surface area contributed by atoms with Crippen LogP contribution in [0.25, 0.3) is 0 Å². The Balaban J connectivity index is 3.44. The van der Waals surface area contributed by atoms with Gasteiger partial charge in [0.15, 0.2) is 8.69 Å². The summed E-state index contributed by atoms with van der Waals surface area (Å²) in [5.41, 5.74) is 5.58. The van der Waals surface area contributed by atoms with E-state index >= 15 is 0 Å². The summed E-state index contributed by atoms with van der Waals surface area (Å²) >= 11 is 0. The molecule has 0 bridgehead atoms. The molecular weight excluding hydrogens is 193 g/mol. The minimum atomic E-state index is -1.17. The van der Waals surface area contributed by atoms with Crippen LogP contribution < -0.4 is 5.73 Å². The van der Waals surface area contributed by atoms with E-state index in [1.54, 1.807) is 0 Å². The molecule has 0 saturated heterocycles. The molecule has 6 heteroatoms. The normalized spacial score (nSPS) is 14.2. The molecule has 3 N–H and O–H groups in total. The van der Waals surface area contributed by atoms with Crippen molar-refractivity contribution in [1.82, 2.24) is 0 Å². The van der Waals surface area contributed by atoms with Gasteiger partial charge in [0.25, 0.3) is 0 Å². The second kappa shape index (κ2) is 7.98. The van der Waals surface area contributed by atoms with Crippen molar-refractivity contribution < 1.29 is 19.0 Å². The Bertz CT molecular complexity index is 195. The summed E-state index contributed by atoms with van der Waals surface area (Å²) in [7, 11) is -1.17. The molecule has 0 fully saturated rings. The fourth-order valence-electron chi connectivity index (χ4n) is 0.729. The minimum Gasteiger partial charge on any atom is -0.478 e. The number of carbonyl (C=O) groups is 1. The van der Waals surface area contributed by atoms with Gasteiger partial charge in [-0.05, 0) is 12.8 Å². The maximum atomic E-state index is 10.1. The van der Waals surface area contributed by atoms with Crippen LogP contribution in [0.4, 0.5) is 0 Å². The van der Waals surface area contributed by atoms with Crippen molar-refractivity contribution in [1.29, 1.82) is 0 Å². The summed E-state index contributed by atoms with van der Waals surface area (Å²) in [6.07, 6.45) is 3.62. The maximum Gasteiger partial charge on any atom is 0.327 e. The number of carboxylic acid groups (broad SMARTS) is 1. The first kappa shape index (κ1) is 12.4. The second-order valence-electron chi connectivity index (χ2n) is 2.49. The Morgan fingerprint density at radius 1 is 1.69 bits per heavy atom. The fourth-order valence-corrected chi connectivity index (χ4v) is 0.961. The van der Waals surface area contributed by atoms with E-state index < -0.39 is 14.7 Å². The Hall–Kier alpha value is -0.640. The molecule has 76 valence electrons. The third-order valence-corrected chi connectivity index (χ3v) is 1.75. The molecule has 2 atom stereocenters. The van der Waals surface area contributed by atoms with E-state index in [0.717, 1.165) is 6.08 Å². The number of rotatable bonds is 7. The van der Waals surface area contributed by atoms with Crippen molar-refractivity contribution in [3.63, 3.8) is 0 Å². The van der Waals surface area contributed by atoms with Crippen LogP contribution in [0.5, 0.6) is 0 Å². The third kappa shape index (κ3) is 9.27. The van der Waals surface area contributed by atoms with Gasteiger partial charge in [-0.25, -0.2) is 4.79 Å². The van der Waals surface area contributed by atoms with E-state index in [0.29, 0.717) is 19.4 Å². The highest BCUT2D eigenvalue weighted by molar-refractivity contribution is 7.17. The van der Waals surface area contributed by atoms with Crippen LogP contribution in [0.1, 0.15) is 12.8 Å². The molecule has 0 saturated carbocycles. The van der Waals surface area contributed by atoms with Crippen LogP contribution in [-0.4, -0.2) is 23.7 Å². The van der Waals surface area contributed by atoms with Crippen molar-refractivity contribution in [2.24, 2.45) is 5.73 Å². The van der Waals surface area contributed by atoms with Gasteiger partial charge in [0.2, 0.25) is 0 Å². The number of hydrogen-bond donors (Lipinski definition) is 2. The van der Waals surface area contributed by atoms with Crippen molar-refractivity contribution >= 4 is 14.7 Å². The van der Waals surface area contributed by atoms with Crippen LogP contribution in [0.15, 0.2) is 12.2 Å². The number of aliphatic carboxylic acids is 1. The molecule has 2 unspecified atom stereocenters. The zero-order valence-corrected chi connectivity index (χ0v) is 8.33. The Kier molecular flexibility index (Phi) is 7.59. The standard InChI is InChI=1S/C7H14NO4P/c8-6(4-5-12-13-11)2-1-3-7(9)10/h1,3,6H,2,4-5,8,13H2,(H,9,10). The molecular formula is C7H14NO4P. The molecule has 0 aromatic rings. The zero-order valence-electron chi connectivity index (χ0n) is 7.18. The predicted octanol–water partition coefficient (Wildman–Crippen LogP) is 0.423. The van der Waals surface area contributed by atoms with Crippen LogP contribution in [0, 0.1) is 0 Å². The summed E-state index contributed by atoms with van der Waals surface area (Å²) < 4.78 is 14.6. The lowest BCUT2D eigenvalue weighted by molar-refractivity contribution is -0.131. The van der Waals surface area contributed by atoms with E-state index in [9.17, 15) is 9.36 Å². The molecule has 0 amide bonds. The highest BCUT2D eigenvalue weighted by Gasteiger charge is 1.99. The fraction of sp³-hybridized carbons (Fsp3) is 0.571. The van der Waals surface area contributed by atoms with Crippen LogP contribution >= 0.6 is 8.69 Å². The van der Waals surface area contributed by atoms with Gasteiger partial charge in [-0.3, -0.25) is 4.57 Å². The molecule has 0 spiro atoms. The molecule has 0 aliphatic rings. The topological polar surface area (TPSA) is 89.6 Å². The van der Waals surface area contributed by atoms with Gasteiger partial charge in [0, 0.05) is 12.1 Å². The van der Waals surface area contributed by atoms with Crippen LogP contribution in [-0.2, 0) is 13.9 Å². The number of hydrogen-bond acceptors (Lipinski definition) is 4. The average molecular weight is 207 g/mol. The first-order chi connectivity index (χ1) is 6.16. The molecule has 0 aliphatic heterocycles. The van der Waals surface area contributed by atoms with Gasteiger partial charge in [-0.1, -0.05) is 6.08 Å². The van der Waals surface area contributed by atoms with E-state index in [1.807, 2.05) is 0 Å². The van der Waals surface area contributed by atoms with Gasteiger partial charge in [0.1, 0.15) is 0 Å². The molecule has 0 aromatic carbocycles. The molecule has 0 rings (SSSR count). The first-order valence-corrected chi connectivity index (χ1v) is 4.81. The second-order valence-corrected chi connectivity index (χ2v) is 3.02. The largest absolute Gasteiger partial charge is 0.478 e. The molecule has 0 heterocycles. The molecule has 0 radical (unpaired) electrons. The predicted molar refractivity (Wildman–Crippen MR) is 50.3 cm³/mol. The molecule has 0 aromatic heterocycles. The van der Waals surface area contributed by atoms with Crippen molar-refractivity contribution in [2.75, 3.05) is 6.61 Å². The smallest absolute Gasteiger partial charge is 0.327 e. The number of carboxylic acids is 1. The summed E-state index contributed by atoms with van der Waals surface area (Å²) in [5.74, 6) is -0.979. The van der Waals surface area contributed by atoms with E-state index in [-0.39, 0.29) is 6.04 Å². The zero-order chi connectivity index (χ0) is 10.1. The molecule has 13 heavy (non-hydrogen) atoms. The van der Waals surface area contributed by atoms with Gasteiger partial charge in [-0.2, -0.15) is 0 Å².